The van der Waals surface area contributed by atoms with Crippen LogP contribution in [-0.2, 0) is 19.6 Å². The monoisotopic (exact) mass is 597 g/mol. The average molecular weight is 598 g/mol. The molecule has 2 aromatic heterocycles. The molecule has 0 spiro atoms. The predicted molar refractivity (Wildman–Crippen MR) is 162 cm³/mol. The number of methoxy groups -OCH3 is 2. The van der Waals surface area contributed by atoms with Crippen LogP contribution in [0.1, 0.15) is 27.9 Å². The van der Waals surface area contributed by atoms with E-state index in [-0.39, 0.29) is 31.1 Å². The van der Waals surface area contributed by atoms with Gasteiger partial charge in [-0.15, -0.1) is 0 Å². The minimum absolute atomic E-state index is 0.0568. The van der Waals surface area contributed by atoms with E-state index in [9.17, 15) is 24.1 Å². The number of rotatable bonds is 11. The highest BCUT2D eigenvalue weighted by Gasteiger charge is 2.27. The maximum absolute atomic E-state index is 14.1. The van der Waals surface area contributed by atoms with Crippen molar-refractivity contribution < 1.29 is 18.8 Å². The van der Waals surface area contributed by atoms with Gasteiger partial charge in [-0.05, 0) is 53.6 Å². The molecular formula is C32H28FN5O6. The zero-order valence-electron chi connectivity index (χ0n) is 23.9. The molecule has 5 aromatic rings. The molecule has 12 heteroatoms. The number of halogens is 1. The third-order valence-corrected chi connectivity index (χ3v) is 7.00. The van der Waals surface area contributed by atoms with Gasteiger partial charge in [0.1, 0.15) is 23.0 Å². The van der Waals surface area contributed by atoms with Gasteiger partial charge in [-0.25, -0.2) is 13.8 Å². The Morgan fingerprint density at radius 2 is 1.43 bits per heavy atom. The molecule has 2 heterocycles. The van der Waals surface area contributed by atoms with Gasteiger partial charge in [0.25, 0.3) is 0 Å². The van der Waals surface area contributed by atoms with Gasteiger partial charge in [-0.2, -0.15) is 5.10 Å². The number of nitrogens with zero attached hydrogens (tertiary/aromatic N) is 5. The molecule has 0 fully saturated rings. The number of nitro groups is 1. The largest absolute Gasteiger partial charge is 0.497 e. The van der Waals surface area contributed by atoms with E-state index in [0.717, 1.165) is 4.57 Å². The normalized spacial score (nSPS) is 11.2. The lowest BCUT2D eigenvalue weighted by atomic mass is 10.2. The molecule has 3 aromatic carbocycles. The Bertz CT molecular complexity index is 1940. The molecule has 0 unspecified atom stereocenters. The van der Waals surface area contributed by atoms with E-state index in [1.54, 1.807) is 72.9 Å². The smallest absolute Gasteiger partial charge is 0.357 e. The summed E-state index contributed by atoms with van der Waals surface area (Å²) in [5.41, 5.74) is -0.462. The van der Waals surface area contributed by atoms with Gasteiger partial charge < -0.3 is 9.47 Å². The molecule has 0 bridgehead atoms. The first-order valence-electron chi connectivity index (χ1n) is 13.5. The molecule has 0 amide bonds. The first-order valence-corrected chi connectivity index (χ1v) is 13.5. The van der Waals surface area contributed by atoms with E-state index in [1.165, 1.54) is 47.9 Å². The highest BCUT2D eigenvalue weighted by atomic mass is 19.1. The van der Waals surface area contributed by atoms with Crippen LogP contribution in [0.4, 0.5) is 10.1 Å². The van der Waals surface area contributed by atoms with Crippen LogP contribution >= 0.6 is 0 Å². The molecule has 224 valence electrons. The number of ether oxygens (including phenoxy) is 2. The van der Waals surface area contributed by atoms with Crippen molar-refractivity contribution in [2.75, 3.05) is 14.2 Å². The van der Waals surface area contributed by atoms with E-state index in [2.05, 4.69) is 5.10 Å². The van der Waals surface area contributed by atoms with Gasteiger partial charge in [0.05, 0.1) is 45.0 Å². The van der Waals surface area contributed by atoms with Gasteiger partial charge in [0.15, 0.2) is 0 Å². The molecule has 5 rings (SSSR count). The zero-order valence-corrected chi connectivity index (χ0v) is 23.9. The van der Waals surface area contributed by atoms with E-state index >= 15 is 0 Å². The van der Waals surface area contributed by atoms with Crippen LogP contribution in [0.5, 0.6) is 11.5 Å². The third-order valence-electron chi connectivity index (χ3n) is 7.00. The fraction of sp³-hybridized carbons (Fsp3) is 0.156. The fourth-order valence-corrected chi connectivity index (χ4v) is 4.69. The maximum atomic E-state index is 14.1. The number of hydrogen-bond donors (Lipinski definition) is 0. The minimum atomic E-state index is -1.03. The summed E-state index contributed by atoms with van der Waals surface area (Å²) in [6.45, 7) is -0.0685. The molecule has 0 aliphatic heterocycles. The Balaban J connectivity index is 1.58. The van der Waals surface area contributed by atoms with Crippen molar-refractivity contribution in [3.8, 4) is 11.5 Å². The average Bonchev–Trinajstić information content (AvgIpc) is 3.48. The van der Waals surface area contributed by atoms with E-state index < -0.39 is 21.9 Å². The number of hydrogen-bond acceptors (Lipinski definition) is 7. The first-order chi connectivity index (χ1) is 21.3. The topological polar surface area (TPSA) is 123 Å². The molecule has 0 atom stereocenters. The summed E-state index contributed by atoms with van der Waals surface area (Å²) >= 11 is 0. The predicted octanol–water partition coefficient (Wildman–Crippen LogP) is 4.59. The van der Waals surface area contributed by atoms with Gasteiger partial charge in [-0.3, -0.25) is 24.2 Å². The van der Waals surface area contributed by atoms with Crippen molar-refractivity contribution in [1.29, 1.82) is 0 Å². The Kier molecular flexibility index (Phi) is 8.80. The van der Waals surface area contributed by atoms with Crippen LogP contribution in [-0.4, -0.2) is 38.1 Å². The molecule has 0 radical (unpaired) electrons. The molecule has 0 N–H and O–H groups in total. The van der Waals surface area contributed by atoms with E-state index in [4.69, 9.17) is 9.47 Å². The minimum Gasteiger partial charge on any atom is -0.497 e. The summed E-state index contributed by atoms with van der Waals surface area (Å²) in [6.07, 6.45) is 6.00. The number of benzene rings is 3. The van der Waals surface area contributed by atoms with Crippen LogP contribution in [0.25, 0.3) is 12.2 Å². The second kappa shape index (κ2) is 13.0. The molecule has 11 nitrogen and oxygen atoms in total. The SMILES string of the molecule is COc1ccc(Cn2c(/C=C/c3cnn(Cc4ccccc4F)c3)c([N+](=O)[O-])c(=O)n(Cc3ccc(OC)cc3)c2=O)cc1. The van der Waals surface area contributed by atoms with Crippen LogP contribution in [0.3, 0.4) is 0 Å². The molecular weight excluding hydrogens is 569 g/mol. The summed E-state index contributed by atoms with van der Waals surface area (Å²) in [7, 11) is 3.04. The number of aromatic nitrogens is 4. The van der Waals surface area contributed by atoms with Gasteiger partial charge in [0, 0.05) is 17.3 Å². The fourth-order valence-electron chi connectivity index (χ4n) is 4.69. The second-order valence-electron chi connectivity index (χ2n) is 9.84. The third kappa shape index (κ3) is 6.49. The van der Waals surface area contributed by atoms with Crippen LogP contribution < -0.4 is 20.7 Å². The lowest BCUT2D eigenvalue weighted by Gasteiger charge is -2.15. The van der Waals surface area contributed by atoms with Crippen molar-refractivity contribution in [3.63, 3.8) is 0 Å². The summed E-state index contributed by atoms with van der Waals surface area (Å²) < 4.78 is 28.1. The molecule has 0 aliphatic carbocycles. The van der Waals surface area contributed by atoms with E-state index in [0.29, 0.717) is 33.8 Å². The highest BCUT2D eigenvalue weighted by Crippen LogP contribution is 2.20. The van der Waals surface area contributed by atoms with Crippen molar-refractivity contribution in [3.05, 3.63) is 150 Å². The Morgan fingerprint density at radius 1 is 0.841 bits per heavy atom. The van der Waals surface area contributed by atoms with Gasteiger partial charge in [-0.1, -0.05) is 42.5 Å². The van der Waals surface area contributed by atoms with E-state index in [1.807, 2.05) is 0 Å². The van der Waals surface area contributed by atoms with Gasteiger partial charge >= 0.3 is 16.9 Å². The summed E-state index contributed by atoms with van der Waals surface area (Å²) in [5, 5.41) is 16.6. The lowest BCUT2D eigenvalue weighted by molar-refractivity contribution is -0.387. The highest BCUT2D eigenvalue weighted by molar-refractivity contribution is 5.71. The summed E-state index contributed by atoms with van der Waals surface area (Å²) in [6, 6.07) is 19.9. The second-order valence-corrected chi connectivity index (χ2v) is 9.84. The van der Waals surface area contributed by atoms with Crippen molar-refractivity contribution >= 4 is 17.8 Å². The van der Waals surface area contributed by atoms with Gasteiger partial charge in [0.2, 0.25) is 0 Å². The standard InChI is InChI=1S/C32H28FN5O6/c1-43-26-12-7-22(8-13-26)19-36-29(16-11-24-17-34-35(18-24)21-25-5-3-4-6-28(25)33)30(38(41)42)31(39)37(32(36)40)20-23-9-14-27(44-2)15-10-23/h3-18H,19-21H2,1-2H3/b16-11+. The van der Waals surface area contributed by atoms with Crippen LogP contribution in [0.15, 0.2) is 94.8 Å². The molecule has 44 heavy (non-hydrogen) atoms. The van der Waals surface area contributed by atoms with Crippen molar-refractivity contribution in [1.82, 2.24) is 18.9 Å². The summed E-state index contributed by atoms with van der Waals surface area (Å²) in [5.74, 6) is 0.819. The molecule has 0 saturated heterocycles. The first kappa shape index (κ1) is 29.7. The zero-order chi connectivity index (χ0) is 31.2. The summed E-state index contributed by atoms with van der Waals surface area (Å²) in [4.78, 5) is 38.9. The molecule has 0 saturated carbocycles. The quantitative estimate of drug-likeness (QED) is 0.161. The van der Waals surface area contributed by atoms with Crippen molar-refractivity contribution in [2.45, 2.75) is 19.6 Å². The maximum Gasteiger partial charge on any atom is 0.357 e. The Hall–Kier alpha value is -5.78. The van der Waals surface area contributed by atoms with Crippen molar-refractivity contribution in [2.24, 2.45) is 0 Å². The molecule has 0 aliphatic rings. The van der Waals surface area contributed by atoms with Crippen LogP contribution in [0.2, 0.25) is 0 Å². The lowest BCUT2D eigenvalue weighted by Crippen LogP contribution is -2.42. The Morgan fingerprint density at radius 3 is 2.00 bits per heavy atom. The Labute approximate surface area is 250 Å². The van der Waals surface area contributed by atoms with Crippen LogP contribution in [0, 0.1) is 15.9 Å².